The van der Waals surface area contributed by atoms with E-state index in [4.69, 9.17) is 0 Å². The largest absolute Gasteiger partial charge is 0.304 e. The van der Waals surface area contributed by atoms with Gasteiger partial charge in [-0.3, -0.25) is 9.97 Å². The minimum atomic E-state index is -0.102. The van der Waals surface area contributed by atoms with Gasteiger partial charge in [0.2, 0.25) is 0 Å². The van der Waals surface area contributed by atoms with E-state index in [0.717, 1.165) is 17.1 Å². The maximum atomic E-state index is 4.48. The van der Waals surface area contributed by atoms with Crippen LogP contribution >= 0.6 is 0 Å². The molecule has 0 atom stereocenters. The number of nitrogens with one attached hydrogen (secondary N) is 1. The predicted molar refractivity (Wildman–Crippen MR) is 77.0 cm³/mol. The second kappa shape index (κ2) is 5.61. The van der Waals surface area contributed by atoms with Crippen LogP contribution in [0.2, 0.25) is 0 Å². The Kier molecular flexibility index (Phi) is 3.90. The fourth-order valence-corrected chi connectivity index (χ4v) is 1.48. The molecule has 4 nitrogen and oxygen atoms in total. The Morgan fingerprint density at radius 2 is 1.47 bits per heavy atom. The first-order valence-electron chi connectivity index (χ1n) is 6.24. The molecule has 4 heteroatoms. The minimum Gasteiger partial charge on any atom is -0.304 e. The predicted octanol–water partition coefficient (Wildman–Crippen LogP) is 2.62. The van der Waals surface area contributed by atoms with Crippen molar-refractivity contribution in [2.75, 3.05) is 0 Å². The van der Waals surface area contributed by atoms with Crippen LogP contribution in [0, 0.1) is 0 Å². The summed E-state index contributed by atoms with van der Waals surface area (Å²) in [5, 5.41) is 4.48. The van der Waals surface area contributed by atoms with Crippen LogP contribution in [0.5, 0.6) is 0 Å². The molecule has 2 heterocycles. The summed E-state index contributed by atoms with van der Waals surface area (Å²) >= 11 is 0. The van der Waals surface area contributed by atoms with Gasteiger partial charge in [-0.2, -0.15) is 5.10 Å². The van der Waals surface area contributed by atoms with Crippen LogP contribution in [0.4, 0.5) is 0 Å². The number of hydrazone groups is 1. The average molecular weight is 254 g/mol. The quantitative estimate of drug-likeness (QED) is 0.676. The Hall–Kier alpha value is -2.23. The van der Waals surface area contributed by atoms with E-state index in [1.807, 2.05) is 36.4 Å². The van der Waals surface area contributed by atoms with E-state index in [1.54, 1.807) is 12.4 Å². The molecule has 0 aliphatic carbocycles. The van der Waals surface area contributed by atoms with E-state index in [2.05, 4.69) is 41.3 Å². The summed E-state index contributed by atoms with van der Waals surface area (Å²) in [6, 6.07) is 11.5. The van der Waals surface area contributed by atoms with Crippen molar-refractivity contribution in [3.05, 3.63) is 60.2 Å². The van der Waals surface area contributed by atoms with Crippen molar-refractivity contribution in [2.24, 2.45) is 5.10 Å². The molecule has 2 aromatic rings. The molecule has 0 spiro atoms. The molecular weight excluding hydrogens is 236 g/mol. The Balaban J connectivity index is 2.40. The van der Waals surface area contributed by atoms with Crippen LogP contribution in [0.1, 0.15) is 32.2 Å². The van der Waals surface area contributed by atoms with Gasteiger partial charge in [0.05, 0.1) is 11.4 Å². The summed E-state index contributed by atoms with van der Waals surface area (Å²) in [6.07, 6.45) is 3.51. The van der Waals surface area contributed by atoms with Gasteiger partial charge in [-0.15, -0.1) is 0 Å². The molecule has 0 radical (unpaired) electrons. The molecule has 0 bridgehead atoms. The first kappa shape index (κ1) is 13.2. The van der Waals surface area contributed by atoms with Crippen molar-refractivity contribution in [3.8, 4) is 0 Å². The zero-order valence-electron chi connectivity index (χ0n) is 11.5. The van der Waals surface area contributed by atoms with Gasteiger partial charge in [-0.25, -0.2) is 0 Å². The fourth-order valence-electron chi connectivity index (χ4n) is 1.48. The van der Waals surface area contributed by atoms with Crippen molar-refractivity contribution >= 4 is 5.71 Å². The highest BCUT2D eigenvalue weighted by Gasteiger charge is 2.12. The van der Waals surface area contributed by atoms with Crippen molar-refractivity contribution in [2.45, 2.75) is 26.3 Å². The fraction of sp³-hybridized carbons (Fsp3) is 0.267. The smallest absolute Gasteiger partial charge is 0.134 e. The molecule has 2 aromatic heterocycles. The van der Waals surface area contributed by atoms with Crippen LogP contribution in [-0.2, 0) is 0 Å². The number of hydrogen-bond acceptors (Lipinski definition) is 4. The highest BCUT2D eigenvalue weighted by atomic mass is 15.3. The topological polar surface area (TPSA) is 50.2 Å². The van der Waals surface area contributed by atoms with Gasteiger partial charge in [0.25, 0.3) is 0 Å². The summed E-state index contributed by atoms with van der Waals surface area (Å²) in [6.45, 7) is 6.18. The third-order valence-corrected chi connectivity index (χ3v) is 2.32. The normalized spacial score (nSPS) is 10.9. The lowest BCUT2D eigenvalue weighted by molar-refractivity contribution is 0.441. The van der Waals surface area contributed by atoms with E-state index < -0.39 is 0 Å². The zero-order valence-corrected chi connectivity index (χ0v) is 11.5. The molecule has 2 rings (SSSR count). The second-order valence-corrected chi connectivity index (χ2v) is 5.25. The molecule has 0 amide bonds. The molecule has 0 aromatic carbocycles. The summed E-state index contributed by atoms with van der Waals surface area (Å²) in [7, 11) is 0. The third-order valence-electron chi connectivity index (χ3n) is 2.32. The number of aromatic nitrogens is 2. The standard InChI is InChI=1S/C15H18N4/c1-15(2,3)19-18-14(12-8-4-6-10-16-12)13-9-5-7-11-17-13/h4-11,19H,1-3H3. The SMILES string of the molecule is CC(C)(C)NN=C(c1ccccn1)c1ccccn1. The summed E-state index contributed by atoms with van der Waals surface area (Å²) in [5.74, 6) is 0. The molecule has 0 aliphatic rings. The minimum absolute atomic E-state index is 0.102. The molecule has 19 heavy (non-hydrogen) atoms. The van der Waals surface area contributed by atoms with Gasteiger partial charge in [0, 0.05) is 17.9 Å². The Labute approximate surface area is 113 Å². The Morgan fingerprint density at radius 1 is 0.947 bits per heavy atom. The van der Waals surface area contributed by atoms with Gasteiger partial charge in [-0.1, -0.05) is 12.1 Å². The molecule has 0 unspecified atom stereocenters. The molecule has 0 saturated heterocycles. The van der Waals surface area contributed by atoms with Gasteiger partial charge in [-0.05, 0) is 45.0 Å². The van der Waals surface area contributed by atoms with E-state index in [0.29, 0.717) is 0 Å². The summed E-state index contributed by atoms with van der Waals surface area (Å²) in [4.78, 5) is 8.69. The molecule has 0 aliphatic heterocycles. The number of nitrogens with zero attached hydrogens (tertiary/aromatic N) is 3. The van der Waals surface area contributed by atoms with Crippen molar-refractivity contribution in [1.82, 2.24) is 15.4 Å². The summed E-state index contributed by atoms with van der Waals surface area (Å²) in [5.41, 5.74) is 5.38. The van der Waals surface area contributed by atoms with Crippen LogP contribution in [-0.4, -0.2) is 21.2 Å². The lowest BCUT2D eigenvalue weighted by Gasteiger charge is -2.18. The van der Waals surface area contributed by atoms with Crippen molar-refractivity contribution in [1.29, 1.82) is 0 Å². The van der Waals surface area contributed by atoms with Gasteiger partial charge in [0.1, 0.15) is 5.71 Å². The average Bonchev–Trinajstić information content (AvgIpc) is 2.40. The van der Waals surface area contributed by atoms with Crippen molar-refractivity contribution < 1.29 is 0 Å². The van der Waals surface area contributed by atoms with Crippen LogP contribution in [0.15, 0.2) is 53.9 Å². The molecule has 0 fully saturated rings. The monoisotopic (exact) mass is 254 g/mol. The number of rotatable bonds is 3. The van der Waals surface area contributed by atoms with E-state index in [-0.39, 0.29) is 5.54 Å². The number of hydrogen-bond donors (Lipinski definition) is 1. The van der Waals surface area contributed by atoms with Gasteiger partial charge in [0.15, 0.2) is 0 Å². The van der Waals surface area contributed by atoms with Crippen LogP contribution < -0.4 is 5.43 Å². The van der Waals surface area contributed by atoms with Crippen LogP contribution in [0.25, 0.3) is 0 Å². The van der Waals surface area contributed by atoms with E-state index >= 15 is 0 Å². The van der Waals surface area contributed by atoms with Crippen molar-refractivity contribution in [3.63, 3.8) is 0 Å². The zero-order chi connectivity index (χ0) is 13.7. The molecule has 0 saturated carbocycles. The maximum Gasteiger partial charge on any atom is 0.134 e. The highest BCUT2D eigenvalue weighted by molar-refractivity contribution is 6.10. The second-order valence-electron chi connectivity index (χ2n) is 5.25. The van der Waals surface area contributed by atoms with E-state index in [9.17, 15) is 0 Å². The first-order chi connectivity index (χ1) is 9.06. The van der Waals surface area contributed by atoms with Gasteiger partial charge >= 0.3 is 0 Å². The molecule has 1 N–H and O–H groups in total. The number of pyridine rings is 2. The lowest BCUT2D eigenvalue weighted by Crippen LogP contribution is -2.32. The highest BCUT2D eigenvalue weighted by Crippen LogP contribution is 2.07. The third kappa shape index (κ3) is 3.88. The Morgan fingerprint density at radius 3 is 1.84 bits per heavy atom. The molecular formula is C15H18N4. The molecule has 98 valence electrons. The van der Waals surface area contributed by atoms with Gasteiger partial charge < -0.3 is 5.43 Å². The Bertz CT molecular complexity index is 500. The van der Waals surface area contributed by atoms with Crippen LogP contribution in [0.3, 0.4) is 0 Å². The summed E-state index contributed by atoms with van der Waals surface area (Å²) < 4.78 is 0. The lowest BCUT2D eigenvalue weighted by atomic mass is 10.1. The maximum absolute atomic E-state index is 4.48. The first-order valence-corrected chi connectivity index (χ1v) is 6.24. The van der Waals surface area contributed by atoms with E-state index in [1.165, 1.54) is 0 Å².